The maximum atomic E-state index is 10.8. The maximum Gasteiger partial charge on any atom is 0.347 e. The number of nitrogens with zero attached hydrogens (tertiary/aromatic N) is 1. The number of hydrogen-bond acceptors (Lipinski definition) is 3. The number of rotatable bonds is 1. The number of pyridine rings is 1. The number of aromatic amines is 1. The van der Waals surface area contributed by atoms with Gasteiger partial charge in [-0.1, -0.05) is 0 Å². The number of nitro groups is 1. The van der Waals surface area contributed by atoms with Gasteiger partial charge in [0.05, 0.1) is 8.49 Å². The molecule has 1 aromatic rings. The second-order valence-electron chi connectivity index (χ2n) is 1.76. The van der Waals surface area contributed by atoms with Gasteiger partial charge in [-0.25, -0.2) is 0 Å². The van der Waals surface area contributed by atoms with Crippen LogP contribution in [0.5, 0.6) is 0 Å². The minimum absolute atomic E-state index is 0.344. The van der Waals surface area contributed by atoms with Crippen molar-refractivity contribution in [1.82, 2.24) is 4.98 Å². The third kappa shape index (κ3) is 1.56. The second kappa shape index (κ2) is 2.99. The summed E-state index contributed by atoms with van der Waals surface area (Å²) in [5.74, 6) is 0. The van der Waals surface area contributed by atoms with Gasteiger partial charge in [0.25, 0.3) is 0 Å². The Hall–Kier alpha value is -0.920. The lowest BCUT2D eigenvalue weighted by molar-refractivity contribution is -0.387. The lowest BCUT2D eigenvalue weighted by Gasteiger charge is -1.90. The molecule has 11 heavy (non-hydrogen) atoms. The summed E-state index contributed by atoms with van der Waals surface area (Å²) in [5, 5.41) is 10.2. The van der Waals surface area contributed by atoms with Crippen LogP contribution >= 0.6 is 22.6 Å². The Morgan fingerprint density at radius 2 is 2.27 bits per heavy atom. The molecule has 0 aliphatic heterocycles. The van der Waals surface area contributed by atoms with Crippen LogP contribution in [0.15, 0.2) is 17.1 Å². The van der Waals surface area contributed by atoms with Crippen molar-refractivity contribution in [2.24, 2.45) is 0 Å². The summed E-state index contributed by atoms with van der Waals surface area (Å²) < 4.78 is 0.344. The van der Waals surface area contributed by atoms with E-state index in [1.54, 1.807) is 22.6 Å². The fraction of sp³-hybridized carbons (Fsp3) is 0. The highest BCUT2D eigenvalue weighted by Gasteiger charge is 2.15. The summed E-state index contributed by atoms with van der Waals surface area (Å²) in [4.78, 5) is 22.5. The molecule has 0 atom stereocenters. The molecule has 0 amide bonds. The molecule has 5 nitrogen and oxygen atoms in total. The van der Waals surface area contributed by atoms with E-state index in [0.717, 1.165) is 0 Å². The van der Waals surface area contributed by atoms with Crippen molar-refractivity contribution in [2.45, 2.75) is 0 Å². The van der Waals surface area contributed by atoms with Crippen molar-refractivity contribution in [1.29, 1.82) is 0 Å². The Morgan fingerprint density at radius 1 is 1.64 bits per heavy atom. The molecule has 0 radical (unpaired) electrons. The van der Waals surface area contributed by atoms with Crippen LogP contribution in [-0.4, -0.2) is 9.91 Å². The van der Waals surface area contributed by atoms with Crippen molar-refractivity contribution in [2.75, 3.05) is 0 Å². The van der Waals surface area contributed by atoms with Crippen LogP contribution in [0, 0.1) is 13.7 Å². The van der Waals surface area contributed by atoms with Gasteiger partial charge in [-0.05, 0) is 28.7 Å². The van der Waals surface area contributed by atoms with Gasteiger partial charge >= 0.3 is 11.2 Å². The summed E-state index contributed by atoms with van der Waals surface area (Å²) in [5.41, 5.74) is -1.06. The fourth-order valence-corrected chi connectivity index (χ4v) is 1.24. The van der Waals surface area contributed by atoms with Crippen molar-refractivity contribution < 1.29 is 4.92 Å². The zero-order valence-electron chi connectivity index (χ0n) is 5.20. The molecule has 58 valence electrons. The zero-order chi connectivity index (χ0) is 8.43. The first-order valence-electron chi connectivity index (χ1n) is 2.64. The van der Waals surface area contributed by atoms with Gasteiger partial charge in [-0.15, -0.1) is 0 Å². The van der Waals surface area contributed by atoms with Crippen LogP contribution in [0.2, 0.25) is 0 Å². The number of hydrogen-bond donors (Lipinski definition) is 1. The van der Waals surface area contributed by atoms with E-state index in [2.05, 4.69) is 4.98 Å². The summed E-state index contributed by atoms with van der Waals surface area (Å²) in [6, 6.07) is 1.47. The normalized spacial score (nSPS) is 9.55. The highest BCUT2D eigenvalue weighted by molar-refractivity contribution is 14.1. The quantitative estimate of drug-likeness (QED) is 0.466. The predicted octanol–water partition coefficient (Wildman–Crippen LogP) is 0.888. The lowest BCUT2D eigenvalue weighted by Crippen LogP contribution is -2.11. The SMILES string of the molecule is O=c1[nH]ccc(I)c1[N+](=O)[O-]. The predicted molar refractivity (Wildman–Crippen MR) is 46.4 cm³/mol. The molecule has 0 fully saturated rings. The molecular weight excluding hydrogens is 263 g/mol. The molecule has 1 N–H and O–H groups in total. The molecule has 6 heteroatoms. The minimum atomic E-state index is -0.694. The summed E-state index contributed by atoms with van der Waals surface area (Å²) >= 11 is 1.74. The van der Waals surface area contributed by atoms with Gasteiger partial charge in [0.2, 0.25) is 0 Å². The monoisotopic (exact) mass is 266 g/mol. The molecule has 0 aromatic carbocycles. The van der Waals surface area contributed by atoms with Crippen LogP contribution in [0.3, 0.4) is 0 Å². The van der Waals surface area contributed by atoms with Gasteiger partial charge in [-0.3, -0.25) is 14.9 Å². The second-order valence-corrected chi connectivity index (χ2v) is 2.92. The van der Waals surface area contributed by atoms with Crippen molar-refractivity contribution in [3.63, 3.8) is 0 Å². The average molecular weight is 266 g/mol. The van der Waals surface area contributed by atoms with E-state index >= 15 is 0 Å². The molecule has 0 spiro atoms. The Balaban J connectivity index is 3.45. The summed E-state index contributed by atoms with van der Waals surface area (Å²) in [7, 11) is 0. The van der Waals surface area contributed by atoms with Crippen LogP contribution in [-0.2, 0) is 0 Å². The molecule has 1 aromatic heterocycles. The first-order valence-corrected chi connectivity index (χ1v) is 3.72. The smallest absolute Gasteiger partial charge is 0.323 e. The van der Waals surface area contributed by atoms with Gasteiger partial charge < -0.3 is 4.98 Å². The fourth-order valence-electron chi connectivity index (χ4n) is 0.616. The van der Waals surface area contributed by atoms with Crippen molar-refractivity contribution >= 4 is 28.3 Å². The van der Waals surface area contributed by atoms with E-state index in [0.29, 0.717) is 3.57 Å². The first-order chi connectivity index (χ1) is 5.13. The van der Waals surface area contributed by atoms with E-state index < -0.39 is 16.2 Å². The Morgan fingerprint density at radius 3 is 2.64 bits per heavy atom. The number of aromatic nitrogens is 1. The van der Waals surface area contributed by atoms with Crippen LogP contribution < -0.4 is 5.56 Å². The van der Waals surface area contributed by atoms with Crippen molar-refractivity contribution in [3.8, 4) is 0 Å². The van der Waals surface area contributed by atoms with Crippen LogP contribution in [0.25, 0.3) is 0 Å². The average Bonchev–Trinajstić information content (AvgIpc) is 1.85. The van der Waals surface area contributed by atoms with Crippen LogP contribution in [0.1, 0.15) is 0 Å². The third-order valence-corrected chi connectivity index (χ3v) is 1.94. The molecular formula is C5H3IN2O3. The highest BCUT2D eigenvalue weighted by atomic mass is 127. The summed E-state index contributed by atoms with van der Waals surface area (Å²) in [6.45, 7) is 0. The molecule has 0 bridgehead atoms. The highest BCUT2D eigenvalue weighted by Crippen LogP contribution is 2.12. The first kappa shape index (κ1) is 8.18. The van der Waals surface area contributed by atoms with Crippen molar-refractivity contribution in [3.05, 3.63) is 36.3 Å². The molecule has 0 unspecified atom stereocenters. The van der Waals surface area contributed by atoms with E-state index in [9.17, 15) is 14.9 Å². The number of H-pyrrole nitrogens is 1. The molecule has 0 aliphatic carbocycles. The minimum Gasteiger partial charge on any atom is -0.323 e. The Labute approximate surface area is 74.7 Å². The van der Waals surface area contributed by atoms with E-state index in [1.807, 2.05) is 0 Å². The molecule has 0 saturated carbocycles. The summed E-state index contributed by atoms with van der Waals surface area (Å²) in [6.07, 6.45) is 1.37. The van der Waals surface area contributed by atoms with Gasteiger partial charge in [0, 0.05) is 6.20 Å². The third-order valence-electron chi connectivity index (χ3n) is 1.07. The topological polar surface area (TPSA) is 76.0 Å². The lowest BCUT2D eigenvalue weighted by atomic mass is 10.4. The number of halogens is 1. The molecule has 1 rings (SSSR count). The van der Waals surface area contributed by atoms with E-state index in [-0.39, 0.29) is 0 Å². The standard InChI is InChI=1S/C5H3IN2O3/c6-3-1-2-7-5(9)4(3)8(10)11/h1-2H,(H,7,9). The van der Waals surface area contributed by atoms with Gasteiger partial charge in [0.15, 0.2) is 0 Å². The van der Waals surface area contributed by atoms with Gasteiger partial charge in [0.1, 0.15) is 0 Å². The molecule has 0 aliphatic rings. The number of nitrogens with one attached hydrogen (secondary N) is 1. The Bertz CT molecular complexity index is 346. The van der Waals surface area contributed by atoms with E-state index in [1.165, 1.54) is 12.3 Å². The molecule has 1 heterocycles. The molecule has 0 saturated heterocycles. The Kier molecular flexibility index (Phi) is 2.22. The van der Waals surface area contributed by atoms with Crippen LogP contribution in [0.4, 0.5) is 5.69 Å². The van der Waals surface area contributed by atoms with Gasteiger partial charge in [-0.2, -0.15) is 0 Å². The maximum absolute atomic E-state index is 10.8. The largest absolute Gasteiger partial charge is 0.347 e. The van der Waals surface area contributed by atoms with E-state index in [4.69, 9.17) is 0 Å². The zero-order valence-corrected chi connectivity index (χ0v) is 7.36.